The third kappa shape index (κ3) is 2.91. The Morgan fingerprint density at radius 2 is 2.25 bits per heavy atom. The van der Waals surface area contributed by atoms with Crippen LogP contribution in [0.3, 0.4) is 0 Å². The zero-order chi connectivity index (χ0) is 12.2. The number of hydrogen-bond donors (Lipinski definition) is 1. The van der Waals surface area contributed by atoms with Crippen LogP contribution in [0.4, 0.5) is 0 Å². The fourth-order valence-corrected chi connectivity index (χ4v) is 2.95. The Bertz CT molecular complexity index is 450. The largest absolute Gasteiger partial charge is 0.395 e. The summed E-state index contributed by atoms with van der Waals surface area (Å²) in [6.45, 7) is 1.85. The third-order valence-electron chi connectivity index (χ3n) is 2.04. The van der Waals surface area contributed by atoms with Gasteiger partial charge in [0.05, 0.1) is 11.5 Å². The molecule has 0 saturated heterocycles. The molecular weight excluding hydrogens is 252 g/mol. The molecule has 90 valence electrons. The van der Waals surface area contributed by atoms with Gasteiger partial charge in [-0.2, -0.15) is 4.31 Å². The molecule has 1 rings (SSSR count). The van der Waals surface area contributed by atoms with Gasteiger partial charge in [0.1, 0.15) is 5.15 Å². The van der Waals surface area contributed by atoms with Gasteiger partial charge in [0.15, 0.2) is 0 Å². The van der Waals surface area contributed by atoms with E-state index in [1.807, 2.05) is 0 Å². The number of pyridine rings is 1. The van der Waals surface area contributed by atoms with Crippen molar-refractivity contribution in [1.29, 1.82) is 0 Å². The van der Waals surface area contributed by atoms with Crippen LogP contribution in [0, 0.1) is 0 Å². The summed E-state index contributed by atoms with van der Waals surface area (Å²) in [5, 5.41) is 8.91. The highest BCUT2D eigenvalue weighted by atomic mass is 35.5. The summed E-state index contributed by atoms with van der Waals surface area (Å²) in [5.74, 6) is 0. The molecule has 5 nitrogen and oxygen atoms in total. The van der Waals surface area contributed by atoms with Gasteiger partial charge in [0.25, 0.3) is 0 Å². The van der Waals surface area contributed by atoms with E-state index in [0.29, 0.717) is 6.54 Å². The first-order chi connectivity index (χ1) is 7.52. The van der Waals surface area contributed by atoms with Crippen molar-refractivity contribution in [1.82, 2.24) is 9.29 Å². The number of sulfonamides is 1. The molecule has 0 aliphatic rings. The molecule has 0 atom stereocenters. The van der Waals surface area contributed by atoms with E-state index in [-0.39, 0.29) is 23.2 Å². The number of rotatable bonds is 5. The highest BCUT2D eigenvalue weighted by Crippen LogP contribution is 2.17. The minimum atomic E-state index is -3.59. The summed E-state index contributed by atoms with van der Waals surface area (Å²) in [4.78, 5) is 3.80. The third-order valence-corrected chi connectivity index (χ3v) is 4.21. The number of aliphatic hydroxyl groups excluding tert-OH is 1. The van der Waals surface area contributed by atoms with Crippen LogP contribution in [-0.2, 0) is 10.0 Å². The smallest absolute Gasteiger partial charge is 0.243 e. The van der Waals surface area contributed by atoms with Crippen LogP contribution >= 0.6 is 11.6 Å². The predicted molar refractivity (Wildman–Crippen MR) is 60.8 cm³/mol. The Morgan fingerprint density at radius 3 is 2.75 bits per heavy atom. The number of halogens is 1. The highest BCUT2D eigenvalue weighted by molar-refractivity contribution is 7.89. The monoisotopic (exact) mass is 264 g/mol. The van der Waals surface area contributed by atoms with Crippen molar-refractivity contribution in [2.75, 3.05) is 19.7 Å². The average molecular weight is 265 g/mol. The lowest BCUT2D eigenvalue weighted by Crippen LogP contribution is -2.33. The van der Waals surface area contributed by atoms with Crippen molar-refractivity contribution in [2.45, 2.75) is 11.8 Å². The lowest BCUT2D eigenvalue weighted by molar-refractivity contribution is 0.257. The molecule has 0 unspecified atom stereocenters. The van der Waals surface area contributed by atoms with Crippen molar-refractivity contribution < 1.29 is 13.5 Å². The molecule has 0 amide bonds. The average Bonchev–Trinajstić information content (AvgIpc) is 2.25. The standard InChI is InChI=1S/C9H13ClN2O3S/c1-2-12(5-6-13)16(14,15)8-3-4-11-9(10)7-8/h3-4,7,13H,2,5-6H2,1H3. The van der Waals surface area contributed by atoms with Gasteiger partial charge < -0.3 is 5.11 Å². The molecule has 0 spiro atoms. The Balaban J connectivity index is 3.09. The molecule has 1 aromatic rings. The van der Waals surface area contributed by atoms with Crippen LogP contribution in [-0.4, -0.2) is 42.5 Å². The van der Waals surface area contributed by atoms with Crippen LogP contribution in [0.25, 0.3) is 0 Å². The van der Waals surface area contributed by atoms with Crippen LogP contribution in [0.1, 0.15) is 6.92 Å². The molecule has 16 heavy (non-hydrogen) atoms. The Kier molecular flexibility index (Phi) is 4.67. The van der Waals surface area contributed by atoms with E-state index < -0.39 is 10.0 Å². The molecule has 0 radical (unpaired) electrons. The lowest BCUT2D eigenvalue weighted by atomic mass is 10.5. The summed E-state index contributed by atoms with van der Waals surface area (Å²) in [6, 6.07) is 2.66. The molecule has 0 aromatic carbocycles. The number of likely N-dealkylation sites (N-methyl/N-ethyl adjacent to an activating group) is 1. The van der Waals surface area contributed by atoms with Crippen LogP contribution < -0.4 is 0 Å². The summed E-state index contributed by atoms with van der Waals surface area (Å²) < 4.78 is 25.2. The normalized spacial score (nSPS) is 12.0. The first kappa shape index (κ1) is 13.4. The van der Waals surface area contributed by atoms with Gasteiger partial charge in [0, 0.05) is 19.3 Å². The fraction of sp³-hybridized carbons (Fsp3) is 0.444. The lowest BCUT2D eigenvalue weighted by Gasteiger charge is -2.19. The van der Waals surface area contributed by atoms with E-state index in [1.54, 1.807) is 6.92 Å². The van der Waals surface area contributed by atoms with Gasteiger partial charge in [-0.25, -0.2) is 13.4 Å². The van der Waals surface area contributed by atoms with E-state index in [9.17, 15) is 8.42 Å². The first-order valence-electron chi connectivity index (χ1n) is 4.75. The molecular formula is C9H13ClN2O3S. The van der Waals surface area contributed by atoms with Crippen molar-refractivity contribution in [3.63, 3.8) is 0 Å². The summed E-state index contributed by atoms with van der Waals surface area (Å²) in [6.07, 6.45) is 1.34. The summed E-state index contributed by atoms with van der Waals surface area (Å²) in [5.41, 5.74) is 0. The van der Waals surface area contributed by atoms with Gasteiger partial charge in [-0.1, -0.05) is 18.5 Å². The minimum absolute atomic E-state index is 0.0682. The molecule has 0 bridgehead atoms. The number of aromatic nitrogens is 1. The Morgan fingerprint density at radius 1 is 1.56 bits per heavy atom. The molecule has 7 heteroatoms. The van der Waals surface area contributed by atoms with E-state index in [0.717, 1.165) is 0 Å². The maximum absolute atomic E-state index is 12.0. The van der Waals surface area contributed by atoms with E-state index in [2.05, 4.69) is 4.98 Å². The second kappa shape index (κ2) is 5.58. The van der Waals surface area contributed by atoms with E-state index in [4.69, 9.17) is 16.7 Å². The molecule has 0 aliphatic heterocycles. The molecule has 0 aliphatic carbocycles. The van der Waals surface area contributed by atoms with Crippen LogP contribution in [0.5, 0.6) is 0 Å². The van der Waals surface area contributed by atoms with Crippen molar-refractivity contribution in [3.05, 3.63) is 23.5 Å². The second-order valence-corrected chi connectivity index (χ2v) is 5.36. The SMILES string of the molecule is CCN(CCO)S(=O)(=O)c1ccnc(Cl)c1. The zero-order valence-corrected chi connectivity index (χ0v) is 10.4. The molecule has 0 fully saturated rings. The van der Waals surface area contributed by atoms with E-state index in [1.165, 1.54) is 22.6 Å². The Labute approximate surface area is 99.7 Å². The second-order valence-electron chi connectivity index (χ2n) is 3.03. The molecule has 1 N–H and O–H groups in total. The van der Waals surface area contributed by atoms with Crippen LogP contribution in [0.2, 0.25) is 5.15 Å². The maximum Gasteiger partial charge on any atom is 0.243 e. The van der Waals surface area contributed by atoms with E-state index >= 15 is 0 Å². The molecule has 0 saturated carbocycles. The quantitative estimate of drug-likeness (QED) is 0.797. The zero-order valence-electron chi connectivity index (χ0n) is 8.80. The number of nitrogens with zero attached hydrogens (tertiary/aromatic N) is 2. The van der Waals surface area contributed by atoms with Gasteiger partial charge in [-0.05, 0) is 12.1 Å². The molecule has 1 aromatic heterocycles. The van der Waals surface area contributed by atoms with Gasteiger partial charge in [-0.3, -0.25) is 0 Å². The summed E-state index contributed by atoms with van der Waals surface area (Å²) >= 11 is 5.63. The van der Waals surface area contributed by atoms with Gasteiger partial charge in [0.2, 0.25) is 10.0 Å². The maximum atomic E-state index is 12.0. The minimum Gasteiger partial charge on any atom is -0.395 e. The fourth-order valence-electron chi connectivity index (χ4n) is 1.25. The highest BCUT2D eigenvalue weighted by Gasteiger charge is 2.22. The first-order valence-corrected chi connectivity index (χ1v) is 6.56. The van der Waals surface area contributed by atoms with Gasteiger partial charge in [-0.15, -0.1) is 0 Å². The molecule has 1 heterocycles. The van der Waals surface area contributed by atoms with Crippen molar-refractivity contribution in [2.24, 2.45) is 0 Å². The Hall–Kier alpha value is -0.690. The number of hydrogen-bond acceptors (Lipinski definition) is 4. The van der Waals surface area contributed by atoms with Gasteiger partial charge >= 0.3 is 0 Å². The number of aliphatic hydroxyl groups is 1. The van der Waals surface area contributed by atoms with Crippen LogP contribution in [0.15, 0.2) is 23.2 Å². The topological polar surface area (TPSA) is 70.5 Å². The predicted octanol–water partition coefficient (Wildman–Crippen LogP) is 0.738. The summed E-state index contributed by atoms with van der Waals surface area (Å²) in [7, 11) is -3.59. The van der Waals surface area contributed by atoms with Crippen molar-refractivity contribution in [3.8, 4) is 0 Å². The van der Waals surface area contributed by atoms with Crippen molar-refractivity contribution >= 4 is 21.6 Å².